The van der Waals surface area contributed by atoms with Crippen molar-refractivity contribution < 1.29 is 14.3 Å². The minimum atomic E-state index is -0.594. The van der Waals surface area contributed by atoms with Crippen LogP contribution in [0.4, 0.5) is 5.82 Å². The summed E-state index contributed by atoms with van der Waals surface area (Å²) in [5, 5.41) is 10.6. The Labute approximate surface area is 103 Å². The highest BCUT2D eigenvalue weighted by Gasteiger charge is 2.17. The van der Waals surface area contributed by atoms with Crippen LogP contribution in [-0.4, -0.2) is 15.7 Å². The number of Topliss-reactive ketones (excluding diaryl/α,β-unsaturated/α-hetero) is 1. The third-order valence-electron chi connectivity index (χ3n) is 2.36. The average molecular weight is 244 g/mol. The second kappa shape index (κ2) is 5.13. The first kappa shape index (κ1) is 11.8. The molecule has 0 spiro atoms. The number of aromatic nitrogens is 2. The molecule has 1 aromatic heterocycles. The summed E-state index contributed by atoms with van der Waals surface area (Å²) in [5.74, 6) is -0.389. The molecule has 0 atom stereocenters. The van der Waals surface area contributed by atoms with Gasteiger partial charge in [-0.25, -0.2) is 0 Å². The molecule has 6 nitrogen and oxygen atoms in total. The lowest BCUT2D eigenvalue weighted by Crippen LogP contribution is -2.37. The number of carbonyl (C=O) groups excluding carboxylic acids is 1. The minimum Gasteiger partial charge on any atom is -0.358 e. The van der Waals surface area contributed by atoms with E-state index in [4.69, 9.17) is 0 Å². The lowest BCUT2D eigenvalue weighted by molar-refractivity contribution is -0.686. The van der Waals surface area contributed by atoms with E-state index in [1.807, 2.05) is 6.07 Å². The maximum atomic E-state index is 11.9. The van der Waals surface area contributed by atoms with Crippen molar-refractivity contribution in [2.24, 2.45) is 0 Å². The molecule has 0 amide bonds. The molecule has 0 aliphatic carbocycles. The van der Waals surface area contributed by atoms with E-state index in [0.717, 1.165) is 0 Å². The number of carbonyl (C=O) groups is 1. The van der Waals surface area contributed by atoms with E-state index < -0.39 is 4.92 Å². The molecule has 18 heavy (non-hydrogen) atoms. The molecule has 0 aliphatic heterocycles. The van der Waals surface area contributed by atoms with Crippen molar-refractivity contribution in [3.63, 3.8) is 0 Å². The molecule has 2 aromatic rings. The van der Waals surface area contributed by atoms with Gasteiger partial charge in [0.05, 0.1) is 0 Å². The zero-order valence-corrected chi connectivity index (χ0v) is 9.39. The van der Waals surface area contributed by atoms with Gasteiger partial charge in [0.2, 0.25) is 24.7 Å². The highest BCUT2D eigenvalue weighted by Crippen LogP contribution is 2.02. The van der Waals surface area contributed by atoms with Crippen LogP contribution in [0.1, 0.15) is 10.4 Å². The number of hydrogen-bond donors (Lipinski definition) is 0. The number of hydrogen-bond acceptors (Lipinski definition) is 4. The third-order valence-corrected chi connectivity index (χ3v) is 2.36. The number of rotatable bonds is 4. The smallest absolute Gasteiger partial charge is 0.358 e. The van der Waals surface area contributed by atoms with E-state index in [2.05, 4.69) is 4.98 Å². The normalized spacial score (nSPS) is 10.0. The van der Waals surface area contributed by atoms with E-state index in [9.17, 15) is 14.9 Å². The summed E-state index contributed by atoms with van der Waals surface area (Å²) in [6.07, 6.45) is 4.06. The summed E-state index contributed by atoms with van der Waals surface area (Å²) >= 11 is 0. The Balaban J connectivity index is 2.17. The van der Waals surface area contributed by atoms with Crippen LogP contribution in [0.5, 0.6) is 0 Å². The number of nitro groups is 1. The Kier molecular flexibility index (Phi) is 3.38. The van der Waals surface area contributed by atoms with Crippen molar-refractivity contribution in [2.75, 3.05) is 0 Å². The highest BCUT2D eigenvalue weighted by atomic mass is 16.6. The first-order valence-corrected chi connectivity index (χ1v) is 5.24. The summed E-state index contributed by atoms with van der Waals surface area (Å²) < 4.78 is 1.44. The van der Waals surface area contributed by atoms with Gasteiger partial charge in [0.25, 0.3) is 6.20 Å². The Hall–Kier alpha value is -2.63. The SMILES string of the molecule is O=C(C[n+]1ccnc([N+](=O)[O-])c1)c1ccccc1. The second-order valence-electron chi connectivity index (χ2n) is 3.63. The molecular weight excluding hydrogens is 234 g/mol. The van der Waals surface area contributed by atoms with Crippen LogP contribution in [0.25, 0.3) is 0 Å². The van der Waals surface area contributed by atoms with Crippen LogP contribution < -0.4 is 4.57 Å². The van der Waals surface area contributed by atoms with Gasteiger partial charge in [0.15, 0.2) is 0 Å². The topological polar surface area (TPSA) is 77.0 Å². The van der Waals surface area contributed by atoms with Gasteiger partial charge < -0.3 is 10.1 Å². The predicted molar refractivity (Wildman–Crippen MR) is 61.9 cm³/mol. The molecule has 0 saturated heterocycles. The van der Waals surface area contributed by atoms with Gasteiger partial charge in [0.1, 0.15) is 0 Å². The van der Waals surface area contributed by atoms with Crippen LogP contribution in [0, 0.1) is 10.1 Å². The van der Waals surface area contributed by atoms with Crippen molar-refractivity contribution >= 4 is 11.6 Å². The van der Waals surface area contributed by atoms with Crippen molar-refractivity contribution in [1.29, 1.82) is 0 Å². The Morgan fingerprint density at radius 1 is 1.33 bits per heavy atom. The highest BCUT2D eigenvalue weighted by molar-refractivity contribution is 5.94. The molecule has 90 valence electrons. The summed E-state index contributed by atoms with van der Waals surface area (Å²) in [6, 6.07) is 8.78. The fraction of sp³-hybridized carbons (Fsp3) is 0.0833. The van der Waals surface area contributed by atoms with E-state index in [1.165, 1.54) is 23.2 Å². The van der Waals surface area contributed by atoms with E-state index in [-0.39, 0.29) is 18.1 Å². The van der Waals surface area contributed by atoms with E-state index in [0.29, 0.717) is 5.56 Å². The molecule has 6 heteroatoms. The average Bonchev–Trinajstić information content (AvgIpc) is 2.40. The first-order chi connectivity index (χ1) is 8.66. The fourth-order valence-corrected chi connectivity index (χ4v) is 1.49. The molecule has 0 aliphatic rings. The van der Waals surface area contributed by atoms with Gasteiger partial charge in [-0.2, -0.15) is 4.57 Å². The van der Waals surface area contributed by atoms with Crippen molar-refractivity contribution in [3.8, 4) is 0 Å². The monoisotopic (exact) mass is 244 g/mol. The van der Waals surface area contributed by atoms with Gasteiger partial charge in [-0.1, -0.05) is 30.3 Å². The zero-order valence-electron chi connectivity index (χ0n) is 9.39. The van der Waals surface area contributed by atoms with Crippen LogP contribution >= 0.6 is 0 Å². The van der Waals surface area contributed by atoms with Crippen LogP contribution in [0.2, 0.25) is 0 Å². The van der Waals surface area contributed by atoms with Crippen molar-refractivity contribution in [1.82, 2.24) is 4.98 Å². The van der Waals surface area contributed by atoms with E-state index in [1.54, 1.807) is 24.3 Å². The lowest BCUT2D eigenvalue weighted by Gasteiger charge is -1.97. The van der Waals surface area contributed by atoms with Gasteiger partial charge in [-0.15, -0.1) is 0 Å². The lowest BCUT2D eigenvalue weighted by atomic mass is 10.1. The number of nitrogens with zero attached hydrogens (tertiary/aromatic N) is 3. The molecule has 0 fully saturated rings. The Bertz CT molecular complexity index is 584. The molecular formula is C12H10N3O3+. The molecule has 1 aromatic carbocycles. The second-order valence-corrected chi connectivity index (χ2v) is 3.63. The molecule has 0 saturated carbocycles. The first-order valence-electron chi connectivity index (χ1n) is 5.24. The molecule has 0 unspecified atom stereocenters. The van der Waals surface area contributed by atoms with Gasteiger partial charge >= 0.3 is 5.82 Å². The molecule has 2 rings (SSSR count). The number of ketones is 1. The van der Waals surface area contributed by atoms with Gasteiger partial charge in [-0.3, -0.25) is 4.79 Å². The van der Waals surface area contributed by atoms with Crippen LogP contribution in [0.3, 0.4) is 0 Å². The summed E-state index contributed by atoms with van der Waals surface area (Å²) in [4.78, 5) is 25.4. The van der Waals surface area contributed by atoms with E-state index >= 15 is 0 Å². The molecule has 1 heterocycles. The standard InChI is InChI=1S/C12H10N3O3/c16-11(10-4-2-1-3-5-10)8-14-7-6-13-12(9-14)15(17)18/h1-7,9H,8H2/q+1. The maximum Gasteiger partial charge on any atom is 0.428 e. The Morgan fingerprint density at radius 3 is 2.72 bits per heavy atom. The largest absolute Gasteiger partial charge is 0.428 e. The van der Waals surface area contributed by atoms with Gasteiger partial charge in [0, 0.05) is 5.56 Å². The van der Waals surface area contributed by atoms with Crippen LogP contribution in [-0.2, 0) is 6.54 Å². The zero-order chi connectivity index (χ0) is 13.0. The summed E-state index contributed by atoms with van der Waals surface area (Å²) in [6.45, 7) is 0.0490. The van der Waals surface area contributed by atoms with Crippen molar-refractivity contribution in [2.45, 2.75) is 6.54 Å². The van der Waals surface area contributed by atoms with Gasteiger partial charge in [-0.05, 0) is 9.91 Å². The molecule has 0 N–H and O–H groups in total. The maximum absolute atomic E-state index is 11.9. The predicted octanol–water partition coefficient (Wildman–Crippen LogP) is 1.16. The molecule has 0 radical (unpaired) electrons. The minimum absolute atomic E-state index is 0.0490. The quantitative estimate of drug-likeness (QED) is 0.350. The molecule has 0 bridgehead atoms. The van der Waals surface area contributed by atoms with Crippen molar-refractivity contribution in [3.05, 3.63) is 64.6 Å². The van der Waals surface area contributed by atoms with Crippen LogP contribution in [0.15, 0.2) is 48.9 Å². The Morgan fingerprint density at radius 2 is 2.06 bits per heavy atom. The number of benzene rings is 1. The summed E-state index contributed by atoms with van der Waals surface area (Å²) in [7, 11) is 0. The third kappa shape index (κ3) is 2.73. The fourth-order valence-electron chi connectivity index (χ4n) is 1.49. The summed E-state index contributed by atoms with van der Waals surface area (Å²) in [5.41, 5.74) is 0.574.